The predicted octanol–water partition coefficient (Wildman–Crippen LogP) is 4.53. The number of aryl methyl sites for hydroxylation is 3. The van der Waals surface area contributed by atoms with Gasteiger partial charge in [-0.2, -0.15) is 0 Å². The van der Waals surface area contributed by atoms with Crippen molar-refractivity contribution in [2.75, 3.05) is 10.5 Å². The maximum Gasteiger partial charge on any atom is 0.241 e. The number of carbonyl (C=O) groups is 1. The molecule has 2 aromatic carbocycles. The van der Waals surface area contributed by atoms with Gasteiger partial charge in [-0.05, 0) is 74.6 Å². The maximum absolute atomic E-state index is 13.8. The van der Waals surface area contributed by atoms with Gasteiger partial charge in [0.25, 0.3) is 0 Å². The van der Waals surface area contributed by atoms with Gasteiger partial charge in [0.05, 0.1) is 22.7 Å². The van der Waals surface area contributed by atoms with Gasteiger partial charge in [-0.25, -0.2) is 12.8 Å². The Kier molecular flexibility index (Phi) is 7.46. The summed E-state index contributed by atoms with van der Waals surface area (Å²) < 4.78 is 48.2. The first-order valence-corrected chi connectivity index (χ1v) is 12.5. The molecule has 0 spiro atoms. The summed E-state index contributed by atoms with van der Waals surface area (Å²) in [6.07, 6.45) is 8.43. The minimum atomic E-state index is -3.58. The quantitative estimate of drug-likeness (QED) is 0.281. The van der Waals surface area contributed by atoms with Crippen LogP contribution in [0.3, 0.4) is 0 Å². The Morgan fingerprint density at radius 1 is 1.14 bits per heavy atom. The van der Waals surface area contributed by atoms with Gasteiger partial charge in [-0.15, -0.1) is 6.42 Å². The topological polar surface area (TPSA) is 94.5 Å². The number of ether oxygens (including phenoxy) is 1. The van der Waals surface area contributed by atoms with Crippen molar-refractivity contribution in [3.63, 3.8) is 0 Å². The van der Waals surface area contributed by atoms with Gasteiger partial charge >= 0.3 is 0 Å². The number of nitrogens with one attached hydrogen (secondary N) is 1. The molecule has 0 radical (unpaired) electrons. The van der Waals surface area contributed by atoms with Gasteiger partial charge in [-0.1, -0.05) is 6.92 Å². The minimum Gasteiger partial charge on any atom is -0.455 e. The van der Waals surface area contributed by atoms with E-state index in [1.54, 1.807) is 33.0 Å². The maximum atomic E-state index is 13.8. The molecule has 9 heteroatoms. The Morgan fingerprint density at radius 3 is 2.37 bits per heavy atom. The zero-order chi connectivity index (χ0) is 25.9. The first kappa shape index (κ1) is 25.7. The zero-order valence-corrected chi connectivity index (χ0v) is 20.6. The van der Waals surface area contributed by atoms with Gasteiger partial charge in [-0.3, -0.25) is 14.3 Å². The SMILES string of the molecule is C#CC(=O)c1cn(-c2cc(NS(=O)(=O)CC)ccc2Oc2c(C)cc(F)cc2C)cc(CC)c1=O. The summed E-state index contributed by atoms with van der Waals surface area (Å²) in [6.45, 7) is 6.67. The van der Waals surface area contributed by atoms with Crippen LogP contribution in [-0.4, -0.2) is 24.5 Å². The van der Waals surface area contributed by atoms with Crippen LogP contribution in [0, 0.1) is 32.0 Å². The van der Waals surface area contributed by atoms with Crippen molar-refractivity contribution in [1.29, 1.82) is 0 Å². The highest BCUT2D eigenvalue weighted by Gasteiger charge is 2.18. The Labute approximate surface area is 203 Å². The van der Waals surface area contributed by atoms with E-state index in [2.05, 4.69) is 4.72 Å². The third-order valence-corrected chi connectivity index (χ3v) is 6.69. The van der Waals surface area contributed by atoms with Crippen LogP contribution in [0.4, 0.5) is 10.1 Å². The molecule has 3 rings (SSSR count). The third-order valence-electron chi connectivity index (χ3n) is 5.38. The van der Waals surface area contributed by atoms with Crippen LogP contribution in [-0.2, 0) is 16.4 Å². The van der Waals surface area contributed by atoms with Crippen molar-refractivity contribution < 1.29 is 22.3 Å². The lowest BCUT2D eigenvalue weighted by molar-refractivity contribution is 0.105. The smallest absolute Gasteiger partial charge is 0.241 e. The number of benzene rings is 2. The lowest BCUT2D eigenvalue weighted by Gasteiger charge is -2.19. The Morgan fingerprint density at radius 2 is 1.80 bits per heavy atom. The van der Waals surface area contributed by atoms with Crippen LogP contribution in [0.2, 0.25) is 0 Å². The van der Waals surface area contributed by atoms with Crippen LogP contribution in [0.25, 0.3) is 5.69 Å². The molecule has 182 valence electrons. The van der Waals surface area contributed by atoms with Crippen molar-refractivity contribution in [3.05, 3.63) is 81.0 Å². The van der Waals surface area contributed by atoms with Crippen LogP contribution in [0.1, 0.15) is 40.9 Å². The van der Waals surface area contributed by atoms with Crippen molar-refractivity contribution >= 4 is 21.5 Å². The van der Waals surface area contributed by atoms with E-state index in [1.807, 2.05) is 5.92 Å². The molecule has 0 unspecified atom stereocenters. The first-order chi connectivity index (χ1) is 16.5. The van der Waals surface area contributed by atoms with Crippen molar-refractivity contribution in [3.8, 4) is 29.5 Å². The van der Waals surface area contributed by atoms with Crippen LogP contribution < -0.4 is 14.9 Å². The fraction of sp³-hybridized carbons (Fsp3) is 0.231. The summed E-state index contributed by atoms with van der Waals surface area (Å²) >= 11 is 0. The summed E-state index contributed by atoms with van der Waals surface area (Å²) in [4.78, 5) is 25.0. The number of anilines is 1. The fourth-order valence-electron chi connectivity index (χ4n) is 3.55. The zero-order valence-electron chi connectivity index (χ0n) is 19.8. The number of pyridine rings is 1. The number of rotatable bonds is 8. The van der Waals surface area contributed by atoms with E-state index in [4.69, 9.17) is 11.2 Å². The van der Waals surface area contributed by atoms with Gasteiger partial charge in [0.2, 0.25) is 15.8 Å². The summed E-state index contributed by atoms with van der Waals surface area (Å²) in [7, 11) is -3.58. The van der Waals surface area contributed by atoms with E-state index in [0.29, 0.717) is 34.5 Å². The first-order valence-electron chi connectivity index (χ1n) is 10.8. The Hall–Kier alpha value is -3.90. The normalized spacial score (nSPS) is 11.1. The highest BCUT2D eigenvalue weighted by Crippen LogP contribution is 2.35. The lowest BCUT2D eigenvalue weighted by atomic mass is 10.1. The average molecular weight is 497 g/mol. The second-order valence-electron chi connectivity index (χ2n) is 7.92. The van der Waals surface area contributed by atoms with Crippen molar-refractivity contribution in [1.82, 2.24) is 4.57 Å². The number of hydrogen-bond acceptors (Lipinski definition) is 5. The molecular weight excluding hydrogens is 471 g/mol. The molecule has 0 saturated heterocycles. The number of ketones is 1. The van der Waals surface area contributed by atoms with Crippen LogP contribution in [0.15, 0.2) is 47.5 Å². The van der Waals surface area contributed by atoms with Gasteiger partial charge in [0.15, 0.2) is 11.2 Å². The monoisotopic (exact) mass is 496 g/mol. The molecule has 0 amide bonds. The molecule has 0 bridgehead atoms. The largest absolute Gasteiger partial charge is 0.455 e. The number of aromatic nitrogens is 1. The van der Waals surface area contributed by atoms with E-state index in [-0.39, 0.29) is 22.8 Å². The van der Waals surface area contributed by atoms with E-state index in [9.17, 15) is 22.4 Å². The fourth-order valence-corrected chi connectivity index (χ4v) is 4.18. The summed E-state index contributed by atoms with van der Waals surface area (Å²) in [5, 5.41) is 0. The highest BCUT2D eigenvalue weighted by atomic mass is 32.2. The molecular formula is C26H25FN2O5S. The van der Waals surface area contributed by atoms with Gasteiger partial charge < -0.3 is 9.30 Å². The molecule has 1 N–H and O–H groups in total. The van der Waals surface area contributed by atoms with E-state index < -0.39 is 27.1 Å². The molecule has 1 heterocycles. The molecule has 0 aliphatic rings. The second-order valence-corrected chi connectivity index (χ2v) is 9.93. The summed E-state index contributed by atoms with van der Waals surface area (Å²) in [5.41, 5.74) is 1.39. The van der Waals surface area contributed by atoms with Crippen molar-refractivity contribution in [2.24, 2.45) is 0 Å². The Bertz CT molecular complexity index is 1490. The number of carbonyl (C=O) groups excluding carboxylic acids is 1. The third kappa shape index (κ3) is 5.61. The van der Waals surface area contributed by atoms with Crippen LogP contribution in [0.5, 0.6) is 11.5 Å². The second kappa shape index (κ2) is 10.2. The van der Waals surface area contributed by atoms with E-state index in [0.717, 1.165) is 0 Å². The van der Waals surface area contributed by atoms with Crippen LogP contribution >= 0.6 is 0 Å². The van der Waals surface area contributed by atoms with E-state index in [1.165, 1.54) is 42.0 Å². The number of halogens is 1. The molecule has 0 aliphatic carbocycles. The number of nitrogens with zero attached hydrogens (tertiary/aromatic N) is 1. The Balaban J connectivity index is 2.28. The summed E-state index contributed by atoms with van der Waals surface area (Å²) in [6, 6.07) is 7.27. The molecule has 0 saturated carbocycles. The van der Waals surface area contributed by atoms with Gasteiger partial charge in [0.1, 0.15) is 11.6 Å². The average Bonchev–Trinajstić information content (AvgIpc) is 2.81. The molecule has 35 heavy (non-hydrogen) atoms. The highest BCUT2D eigenvalue weighted by molar-refractivity contribution is 7.92. The molecule has 7 nitrogen and oxygen atoms in total. The molecule has 3 aromatic rings. The van der Waals surface area contributed by atoms with E-state index >= 15 is 0 Å². The minimum absolute atomic E-state index is 0.132. The van der Waals surface area contributed by atoms with Crippen molar-refractivity contribution in [2.45, 2.75) is 34.1 Å². The standard InChI is InChI=1S/C26H25FN2O5S/c1-6-18-14-29(15-21(25(18)31)23(30)7-2)22-13-20(28-35(32,33)8-3)9-10-24(22)34-26-16(4)11-19(27)12-17(26)5/h2,9-15,28H,6,8H2,1,3-5H3. The van der Waals surface area contributed by atoms with Gasteiger partial charge in [0, 0.05) is 18.0 Å². The summed E-state index contributed by atoms with van der Waals surface area (Å²) in [5.74, 6) is 1.37. The number of Topliss-reactive ketones (excluding diaryl/α,β-unsaturated/α-hetero) is 1. The number of sulfonamides is 1. The lowest BCUT2D eigenvalue weighted by Crippen LogP contribution is -2.21. The number of hydrogen-bond donors (Lipinski definition) is 1. The predicted molar refractivity (Wildman–Crippen MR) is 134 cm³/mol. The molecule has 0 fully saturated rings. The molecule has 0 aliphatic heterocycles. The molecule has 1 aromatic heterocycles. The number of terminal acetylenes is 1. The molecule has 0 atom stereocenters.